The van der Waals surface area contributed by atoms with Gasteiger partial charge in [-0.2, -0.15) is 0 Å². The van der Waals surface area contributed by atoms with Gasteiger partial charge in [-0.15, -0.1) is 10.2 Å². The van der Waals surface area contributed by atoms with Crippen molar-refractivity contribution in [1.82, 2.24) is 10.2 Å². The summed E-state index contributed by atoms with van der Waals surface area (Å²) >= 11 is 8.60. The molecular formula is C14H17ClN4O4S3. The zero-order chi connectivity index (χ0) is 19.5. The first-order valence-corrected chi connectivity index (χ1v) is 11.5. The second-order valence-corrected chi connectivity index (χ2v) is 9.44. The van der Waals surface area contributed by atoms with Gasteiger partial charge in [0.15, 0.2) is 4.34 Å². The highest BCUT2D eigenvalue weighted by atomic mass is 35.5. The molecule has 0 spiro atoms. The molecule has 0 fully saturated rings. The average Bonchev–Trinajstić information content (AvgIpc) is 3.01. The standard InChI is InChI=1S/C14H17ClN4O4S3/c1-8(12(20)16-13-17-18-14(24-3)25-13)19(26(4,21)22)10-7-9(15)5-6-11(10)23-2/h5-8H,1-4H3,(H,16,17,20)/t8-/m0/s1. The topological polar surface area (TPSA) is 101 Å². The quantitative estimate of drug-likeness (QED) is 0.525. The molecule has 8 nitrogen and oxygen atoms in total. The van der Waals surface area contributed by atoms with E-state index in [0.29, 0.717) is 9.36 Å². The van der Waals surface area contributed by atoms with Crippen molar-refractivity contribution in [2.24, 2.45) is 0 Å². The third-order valence-electron chi connectivity index (χ3n) is 3.28. The minimum absolute atomic E-state index is 0.173. The first-order valence-electron chi connectivity index (χ1n) is 7.18. The van der Waals surface area contributed by atoms with Crippen LogP contribution in [0.25, 0.3) is 0 Å². The Morgan fingerprint density at radius 2 is 2.12 bits per heavy atom. The molecule has 1 aromatic carbocycles. The number of methoxy groups -OCH3 is 1. The van der Waals surface area contributed by atoms with Crippen molar-refractivity contribution in [3.8, 4) is 5.75 Å². The molecule has 0 aliphatic rings. The number of anilines is 2. The number of rotatable bonds is 7. The number of thioether (sulfide) groups is 1. The van der Waals surface area contributed by atoms with Crippen LogP contribution in [0.4, 0.5) is 10.8 Å². The van der Waals surface area contributed by atoms with Gasteiger partial charge in [0.1, 0.15) is 11.8 Å². The van der Waals surface area contributed by atoms with Gasteiger partial charge in [0.25, 0.3) is 0 Å². The van der Waals surface area contributed by atoms with Crippen LogP contribution in [-0.2, 0) is 14.8 Å². The summed E-state index contributed by atoms with van der Waals surface area (Å²) in [5.74, 6) is -0.277. The number of nitrogens with zero attached hydrogens (tertiary/aromatic N) is 3. The van der Waals surface area contributed by atoms with Gasteiger partial charge >= 0.3 is 0 Å². The van der Waals surface area contributed by atoms with E-state index in [1.54, 1.807) is 6.07 Å². The smallest absolute Gasteiger partial charge is 0.249 e. The Balaban J connectivity index is 2.38. The maximum Gasteiger partial charge on any atom is 0.249 e. The van der Waals surface area contributed by atoms with E-state index in [9.17, 15) is 13.2 Å². The van der Waals surface area contributed by atoms with Gasteiger partial charge in [0, 0.05) is 5.02 Å². The van der Waals surface area contributed by atoms with Crippen LogP contribution in [0.2, 0.25) is 5.02 Å². The first-order chi connectivity index (χ1) is 12.2. The fourth-order valence-corrected chi connectivity index (χ4v) is 4.68. The lowest BCUT2D eigenvalue weighted by Gasteiger charge is -2.29. The van der Waals surface area contributed by atoms with Gasteiger partial charge < -0.3 is 4.74 Å². The van der Waals surface area contributed by atoms with Crippen molar-refractivity contribution >= 4 is 61.4 Å². The lowest BCUT2D eigenvalue weighted by Crippen LogP contribution is -2.45. The number of amides is 1. The molecule has 1 heterocycles. The zero-order valence-electron chi connectivity index (χ0n) is 14.4. The second-order valence-electron chi connectivity index (χ2n) is 5.12. The van der Waals surface area contributed by atoms with Crippen LogP contribution >= 0.6 is 34.7 Å². The number of carbonyl (C=O) groups is 1. The molecule has 0 radical (unpaired) electrons. The predicted octanol–water partition coefficient (Wildman–Crippen LogP) is 2.72. The number of aromatic nitrogens is 2. The number of sulfonamides is 1. The summed E-state index contributed by atoms with van der Waals surface area (Å²) in [5, 5.41) is 10.9. The van der Waals surface area contributed by atoms with Gasteiger partial charge in [-0.05, 0) is 31.4 Å². The molecule has 142 valence electrons. The summed E-state index contributed by atoms with van der Waals surface area (Å²) in [4.78, 5) is 12.6. The van der Waals surface area contributed by atoms with Gasteiger partial charge in [-0.3, -0.25) is 14.4 Å². The number of hydrogen-bond donors (Lipinski definition) is 1. The van der Waals surface area contributed by atoms with E-state index >= 15 is 0 Å². The Hall–Kier alpha value is -1.56. The van der Waals surface area contributed by atoms with Crippen molar-refractivity contribution in [3.05, 3.63) is 23.2 Å². The van der Waals surface area contributed by atoms with Crippen LogP contribution in [0.3, 0.4) is 0 Å². The fourth-order valence-electron chi connectivity index (χ4n) is 2.17. The lowest BCUT2D eigenvalue weighted by atomic mass is 10.2. The number of hydrogen-bond acceptors (Lipinski definition) is 8. The highest BCUT2D eigenvalue weighted by molar-refractivity contribution is 8.00. The van der Waals surface area contributed by atoms with Crippen molar-refractivity contribution in [1.29, 1.82) is 0 Å². The number of ether oxygens (including phenoxy) is 1. The van der Waals surface area contributed by atoms with Crippen LogP contribution in [0.1, 0.15) is 6.92 Å². The Kier molecular flexibility index (Phi) is 6.72. The van der Waals surface area contributed by atoms with Crippen LogP contribution in [0.15, 0.2) is 22.5 Å². The highest BCUT2D eigenvalue weighted by Gasteiger charge is 2.32. The zero-order valence-corrected chi connectivity index (χ0v) is 17.6. The summed E-state index contributed by atoms with van der Waals surface area (Å²) in [5.41, 5.74) is 0.173. The van der Waals surface area contributed by atoms with E-state index in [4.69, 9.17) is 16.3 Å². The molecule has 0 aliphatic heterocycles. The number of nitrogens with one attached hydrogen (secondary N) is 1. The molecule has 1 atom stereocenters. The molecule has 0 bridgehead atoms. The van der Waals surface area contributed by atoms with Gasteiger partial charge in [0.2, 0.25) is 21.1 Å². The molecule has 12 heteroatoms. The van der Waals surface area contributed by atoms with E-state index < -0.39 is 22.0 Å². The largest absolute Gasteiger partial charge is 0.495 e. The SMILES string of the molecule is COc1ccc(Cl)cc1N([C@@H](C)C(=O)Nc1nnc(SC)s1)S(C)(=O)=O. The van der Waals surface area contributed by atoms with Crippen molar-refractivity contribution in [3.63, 3.8) is 0 Å². The first kappa shape index (κ1) is 20.7. The van der Waals surface area contributed by atoms with E-state index in [-0.39, 0.29) is 16.6 Å². The normalized spacial score (nSPS) is 12.5. The van der Waals surface area contributed by atoms with Crippen molar-refractivity contribution in [2.75, 3.05) is 29.2 Å². The number of carbonyl (C=O) groups excluding carboxylic acids is 1. The Bertz CT molecular complexity index is 903. The van der Waals surface area contributed by atoms with Gasteiger partial charge in [0.05, 0.1) is 19.1 Å². The maximum atomic E-state index is 12.6. The molecule has 0 aliphatic carbocycles. The molecule has 2 aromatic rings. The molecule has 0 unspecified atom stereocenters. The maximum absolute atomic E-state index is 12.6. The van der Waals surface area contributed by atoms with Crippen LogP contribution in [0.5, 0.6) is 5.75 Å². The summed E-state index contributed by atoms with van der Waals surface area (Å²) in [6.45, 7) is 1.47. The van der Waals surface area contributed by atoms with Crippen molar-refractivity contribution < 1.29 is 17.9 Å². The molecule has 1 N–H and O–H groups in total. The summed E-state index contributed by atoms with van der Waals surface area (Å²) in [7, 11) is -2.40. The number of benzene rings is 1. The van der Waals surface area contributed by atoms with E-state index in [1.165, 1.54) is 49.3 Å². The van der Waals surface area contributed by atoms with E-state index in [1.807, 2.05) is 6.26 Å². The summed E-state index contributed by atoms with van der Waals surface area (Å²) in [6, 6.07) is 3.47. The third-order valence-corrected chi connectivity index (χ3v) is 6.55. The Morgan fingerprint density at radius 3 is 2.65 bits per heavy atom. The Morgan fingerprint density at radius 1 is 1.42 bits per heavy atom. The lowest BCUT2D eigenvalue weighted by molar-refractivity contribution is -0.116. The monoisotopic (exact) mass is 436 g/mol. The minimum Gasteiger partial charge on any atom is -0.495 e. The number of halogens is 1. The van der Waals surface area contributed by atoms with Crippen LogP contribution in [-0.4, -0.2) is 50.2 Å². The molecule has 1 amide bonds. The minimum atomic E-state index is -3.81. The second kappa shape index (κ2) is 8.42. The van der Waals surface area contributed by atoms with Gasteiger partial charge in [-0.25, -0.2) is 8.42 Å². The average molecular weight is 437 g/mol. The summed E-state index contributed by atoms with van der Waals surface area (Å²) in [6.07, 6.45) is 2.85. The third kappa shape index (κ3) is 4.78. The molecule has 1 aromatic heterocycles. The highest BCUT2D eigenvalue weighted by Crippen LogP contribution is 2.34. The van der Waals surface area contributed by atoms with E-state index in [2.05, 4.69) is 15.5 Å². The van der Waals surface area contributed by atoms with Crippen LogP contribution in [0, 0.1) is 0 Å². The fraction of sp³-hybridized carbons (Fsp3) is 0.357. The van der Waals surface area contributed by atoms with E-state index in [0.717, 1.165) is 10.6 Å². The molecular weight excluding hydrogens is 420 g/mol. The molecule has 2 rings (SSSR count). The molecule has 26 heavy (non-hydrogen) atoms. The predicted molar refractivity (Wildman–Crippen MR) is 105 cm³/mol. The van der Waals surface area contributed by atoms with Crippen LogP contribution < -0.4 is 14.4 Å². The Labute approximate surface area is 164 Å². The molecule has 0 saturated carbocycles. The summed E-state index contributed by atoms with van der Waals surface area (Å²) < 4.78 is 31.6. The van der Waals surface area contributed by atoms with Gasteiger partial charge in [-0.1, -0.05) is 34.7 Å². The van der Waals surface area contributed by atoms with Crippen molar-refractivity contribution in [2.45, 2.75) is 17.3 Å². The molecule has 0 saturated heterocycles.